The number of nitrogens with two attached hydrogens (primary N) is 1. The number of nitrogens with one attached hydrogen (secondary N) is 2. The monoisotopic (exact) mass is 259 g/mol. The zero-order chi connectivity index (χ0) is 12.6. The molecular weight excluding hydrogens is 249 g/mol. The summed E-state index contributed by atoms with van der Waals surface area (Å²) >= 11 is 5.65. The summed E-state index contributed by atoms with van der Waals surface area (Å²) < 4.78 is 13.0. The van der Waals surface area contributed by atoms with Crippen LogP contribution in [0, 0.1) is 11.7 Å². The third kappa shape index (κ3) is 2.25. The molecule has 3 unspecified atom stereocenters. The van der Waals surface area contributed by atoms with Crippen LogP contribution in [-0.2, 0) is 4.79 Å². The van der Waals surface area contributed by atoms with E-state index >= 15 is 0 Å². The van der Waals surface area contributed by atoms with Crippen molar-refractivity contribution in [3.63, 3.8) is 0 Å². The minimum absolute atomic E-state index is 0.0473. The first kappa shape index (κ1) is 12.3. The summed E-state index contributed by atoms with van der Waals surface area (Å²) in [5, 5.41) is 9.02. The Hall–Kier alpha value is -1.21. The highest BCUT2D eigenvalue weighted by Gasteiger charge is 2.40. The standard InChI is InChI=1S/C10H11ClFN3O2/c11-5-3-4(1-2-6(5)12)8-7(10(16)17)9(13)15-14-8/h1-3,7-9,14-15H,13H2,(H,16,17). The maximum Gasteiger partial charge on any atom is 0.311 e. The summed E-state index contributed by atoms with van der Waals surface area (Å²) in [6.07, 6.45) is -0.707. The molecule has 92 valence electrons. The van der Waals surface area contributed by atoms with Gasteiger partial charge in [0.15, 0.2) is 0 Å². The van der Waals surface area contributed by atoms with Gasteiger partial charge in [-0.2, -0.15) is 0 Å². The van der Waals surface area contributed by atoms with Gasteiger partial charge >= 0.3 is 5.97 Å². The van der Waals surface area contributed by atoms with Crippen LogP contribution < -0.4 is 16.6 Å². The highest BCUT2D eigenvalue weighted by molar-refractivity contribution is 6.30. The highest BCUT2D eigenvalue weighted by atomic mass is 35.5. The summed E-state index contributed by atoms with van der Waals surface area (Å²) in [6, 6.07) is 3.53. The van der Waals surface area contributed by atoms with Crippen LogP contribution in [0.25, 0.3) is 0 Å². The SMILES string of the molecule is NC1NNC(c2ccc(F)c(Cl)c2)C1C(=O)O. The summed E-state index contributed by atoms with van der Waals surface area (Å²) in [5.74, 6) is -2.41. The van der Waals surface area contributed by atoms with Gasteiger partial charge in [-0.05, 0) is 17.7 Å². The molecule has 1 aliphatic heterocycles. The average Bonchev–Trinajstić information content (AvgIpc) is 2.64. The van der Waals surface area contributed by atoms with E-state index in [1.54, 1.807) is 0 Å². The predicted molar refractivity (Wildman–Crippen MR) is 59.5 cm³/mol. The van der Waals surface area contributed by atoms with Crippen molar-refractivity contribution in [2.24, 2.45) is 11.7 Å². The Bertz CT molecular complexity index is 457. The number of benzene rings is 1. The van der Waals surface area contributed by atoms with Gasteiger partial charge in [0.1, 0.15) is 11.7 Å². The maximum absolute atomic E-state index is 13.0. The molecule has 0 aromatic heterocycles. The minimum atomic E-state index is -1.03. The van der Waals surface area contributed by atoms with E-state index in [9.17, 15) is 9.18 Å². The van der Waals surface area contributed by atoms with Crippen molar-refractivity contribution in [2.75, 3.05) is 0 Å². The van der Waals surface area contributed by atoms with Gasteiger partial charge in [-0.15, -0.1) is 0 Å². The van der Waals surface area contributed by atoms with Gasteiger partial charge in [0.05, 0.1) is 17.2 Å². The molecule has 5 N–H and O–H groups in total. The third-order valence-corrected chi connectivity index (χ3v) is 3.03. The molecule has 0 saturated carbocycles. The van der Waals surface area contributed by atoms with E-state index in [1.807, 2.05) is 0 Å². The zero-order valence-electron chi connectivity index (χ0n) is 8.65. The van der Waals surface area contributed by atoms with Crippen molar-refractivity contribution >= 4 is 17.6 Å². The van der Waals surface area contributed by atoms with Crippen LogP contribution in [0.5, 0.6) is 0 Å². The minimum Gasteiger partial charge on any atom is -0.481 e. The smallest absolute Gasteiger partial charge is 0.311 e. The topological polar surface area (TPSA) is 87.4 Å². The molecule has 3 atom stereocenters. The molecule has 1 aliphatic rings. The van der Waals surface area contributed by atoms with Crippen LogP contribution in [0.4, 0.5) is 4.39 Å². The van der Waals surface area contributed by atoms with Gasteiger partial charge in [0, 0.05) is 0 Å². The van der Waals surface area contributed by atoms with Crippen molar-refractivity contribution < 1.29 is 14.3 Å². The molecule has 1 heterocycles. The van der Waals surface area contributed by atoms with Crippen LogP contribution in [0.2, 0.25) is 5.02 Å². The Morgan fingerprint density at radius 3 is 2.76 bits per heavy atom. The molecule has 0 amide bonds. The molecule has 1 aromatic rings. The molecule has 1 fully saturated rings. The molecule has 1 aromatic carbocycles. The van der Waals surface area contributed by atoms with E-state index in [4.69, 9.17) is 22.4 Å². The first-order valence-corrected chi connectivity index (χ1v) is 5.33. The molecule has 5 nitrogen and oxygen atoms in total. The first-order chi connectivity index (χ1) is 8.00. The maximum atomic E-state index is 13.0. The molecule has 17 heavy (non-hydrogen) atoms. The number of carbonyl (C=O) groups is 1. The van der Waals surface area contributed by atoms with Crippen LogP contribution in [0.3, 0.4) is 0 Å². The van der Waals surface area contributed by atoms with Gasteiger partial charge in [0.2, 0.25) is 0 Å². The second kappa shape index (κ2) is 4.58. The zero-order valence-corrected chi connectivity index (χ0v) is 9.41. The molecule has 2 rings (SSSR count). The van der Waals surface area contributed by atoms with Crippen molar-refractivity contribution in [1.82, 2.24) is 10.9 Å². The van der Waals surface area contributed by atoms with Gasteiger partial charge in [-0.25, -0.2) is 15.2 Å². The lowest BCUT2D eigenvalue weighted by Gasteiger charge is -2.17. The molecule has 0 spiro atoms. The van der Waals surface area contributed by atoms with E-state index in [-0.39, 0.29) is 5.02 Å². The summed E-state index contributed by atoms with van der Waals surface area (Å²) in [5.41, 5.74) is 11.6. The number of hydrogen-bond acceptors (Lipinski definition) is 4. The van der Waals surface area contributed by atoms with Crippen LogP contribution in [-0.4, -0.2) is 17.2 Å². The molecule has 0 bridgehead atoms. The molecule has 0 radical (unpaired) electrons. The Labute approximate surface area is 102 Å². The number of hydrazine groups is 1. The quantitative estimate of drug-likeness (QED) is 0.625. The number of carboxylic acids is 1. The molecule has 1 saturated heterocycles. The van der Waals surface area contributed by atoms with E-state index in [0.717, 1.165) is 0 Å². The predicted octanol–water partition coefficient (Wildman–Crippen LogP) is 0.614. The van der Waals surface area contributed by atoms with Gasteiger partial charge in [-0.3, -0.25) is 4.79 Å². The van der Waals surface area contributed by atoms with Crippen LogP contribution >= 0.6 is 11.6 Å². The third-order valence-electron chi connectivity index (χ3n) is 2.74. The molecular formula is C10H11ClFN3O2. The van der Waals surface area contributed by atoms with E-state index in [2.05, 4.69) is 10.9 Å². The Kier molecular flexibility index (Phi) is 3.30. The van der Waals surface area contributed by atoms with Crippen molar-refractivity contribution in [2.45, 2.75) is 12.2 Å². The lowest BCUT2D eigenvalue weighted by molar-refractivity contribution is -0.142. The summed E-state index contributed by atoms with van der Waals surface area (Å²) in [6.45, 7) is 0. The van der Waals surface area contributed by atoms with Crippen molar-refractivity contribution in [3.8, 4) is 0 Å². The number of halogens is 2. The lowest BCUT2D eigenvalue weighted by atomic mass is 9.93. The lowest BCUT2D eigenvalue weighted by Crippen LogP contribution is -2.41. The summed E-state index contributed by atoms with van der Waals surface area (Å²) in [4.78, 5) is 11.1. The van der Waals surface area contributed by atoms with Crippen molar-refractivity contribution in [3.05, 3.63) is 34.6 Å². The van der Waals surface area contributed by atoms with Crippen molar-refractivity contribution in [1.29, 1.82) is 0 Å². The fourth-order valence-corrected chi connectivity index (χ4v) is 2.05. The largest absolute Gasteiger partial charge is 0.481 e. The summed E-state index contributed by atoms with van der Waals surface area (Å²) in [7, 11) is 0. The fraction of sp³-hybridized carbons (Fsp3) is 0.300. The molecule has 7 heteroatoms. The highest BCUT2D eigenvalue weighted by Crippen LogP contribution is 2.29. The fourth-order valence-electron chi connectivity index (χ4n) is 1.87. The van der Waals surface area contributed by atoms with Gasteiger partial charge in [0.25, 0.3) is 0 Å². The van der Waals surface area contributed by atoms with Crippen LogP contribution in [0.15, 0.2) is 18.2 Å². The average molecular weight is 260 g/mol. The Balaban J connectivity index is 2.32. The first-order valence-electron chi connectivity index (χ1n) is 4.95. The van der Waals surface area contributed by atoms with E-state index in [0.29, 0.717) is 5.56 Å². The van der Waals surface area contributed by atoms with Gasteiger partial charge < -0.3 is 10.8 Å². The number of carboxylic acid groups (broad SMARTS) is 1. The second-order valence-electron chi connectivity index (χ2n) is 3.83. The van der Waals surface area contributed by atoms with E-state index < -0.39 is 29.9 Å². The van der Waals surface area contributed by atoms with E-state index in [1.165, 1.54) is 18.2 Å². The number of aliphatic carboxylic acids is 1. The number of hydrogen-bond donors (Lipinski definition) is 4. The second-order valence-corrected chi connectivity index (χ2v) is 4.24. The Morgan fingerprint density at radius 1 is 1.47 bits per heavy atom. The Morgan fingerprint density at radius 2 is 2.18 bits per heavy atom. The number of rotatable bonds is 2. The van der Waals surface area contributed by atoms with Crippen LogP contribution in [0.1, 0.15) is 11.6 Å². The molecule has 0 aliphatic carbocycles. The van der Waals surface area contributed by atoms with Gasteiger partial charge in [-0.1, -0.05) is 17.7 Å². The normalized spacial score (nSPS) is 28.3.